The fourth-order valence-corrected chi connectivity index (χ4v) is 3.00. The summed E-state index contributed by atoms with van der Waals surface area (Å²) in [5, 5.41) is 0.614. The number of Topliss-reactive ketones (excluding diaryl/α,β-unsaturated/α-hetero) is 1. The molecule has 3 nitrogen and oxygen atoms in total. The van der Waals surface area contributed by atoms with E-state index in [4.69, 9.17) is 11.6 Å². The van der Waals surface area contributed by atoms with Gasteiger partial charge in [0.05, 0.1) is 6.04 Å². The molecule has 1 fully saturated rings. The van der Waals surface area contributed by atoms with E-state index in [2.05, 4.69) is 30.7 Å². The predicted molar refractivity (Wildman–Crippen MR) is 83.5 cm³/mol. The number of halogens is 1. The number of piperazine rings is 1. The lowest BCUT2D eigenvalue weighted by Crippen LogP contribution is -2.58. The fraction of sp³-hybridized carbons (Fsp3) is 0.562. The number of carbonyl (C=O) groups is 1. The molecule has 0 bridgehead atoms. The van der Waals surface area contributed by atoms with E-state index in [1.807, 2.05) is 19.1 Å². The number of carbonyl (C=O) groups excluding carboxylic acids is 1. The number of hydrogen-bond donors (Lipinski definition) is 0. The van der Waals surface area contributed by atoms with E-state index in [0.29, 0.717) is 22.7 Å². The van der Waals surface area contributed by atoms with Gasteiger partial charge in [-0.1, -0.05) is 23.7 Å². The molecule has 0 N–H and O–H groups in total. The Balaban J connectivity index is 2.11. The van der Waals surface area contributed by atoms with E-state index in [0.717, 1.165) is 13.1 Å². The Bertz CT molecular complexity index is 479. The molecule has 0 radical (unpaired) electrons. The number of rotatable bonds is 3. The molecule has 0 amide bonds. The van der Waals surface area contributed by atoms with Crippen molar-refractivity contribution in [3.63, 3.8) is 0 Å². The predicted octanol–water partition coefficient (Wildman–Crippen LogP) is 2.94. The molecular weight excluding hydrogens is 272 g/mol. The van der Waals surface area contributed by atoms with Gasteiger partial charge >= 0.3 is 0 Å². The van der Waals surface area contributed by atoms with Crippen LogP contribution in [0.15, 0.2) is 24.3 Å². The average molecular weight is 295 g/mol. The standard InChI is InChI=1S/C16H23ClN2O/c1-11-9-19(10-12(2)18(11)4)13(3)16(20)14-6-5-7-15(17)8-14/h5-8,11-13H,9-10H2,1-4H3. The van der Waals surface area contributed by atoms with Crippen molar-refractivity contribution in [2.45, 2.75) is 38.9 Å². The van der Waals surface area contributed by atoms with Gasteiger partial charge in [-0.25, -0.2) is 0 Å². The number of ketones is 1. The maximum absolute atomic E-state index is 12.6. The van der Waals surface area contributed by atoms with Crippen molar-refractivity contribution in [1.82, 2.24) is 9.80 Å². The molecule has 1 aliphatic rings. The molecule has 1 aliphatic heterocycles. The molecule has 4 heteroatoms. The van der Waals surface area contributed by atoms with Crippen LogP contribution in [0.2, 0.25) is 5.02 Å². The van der Waals surface area contributed by atoms with Crippen molar-refractivity contribution >= 4 is 17.4 Å². The summed E-state index contributed by atoms with van der Waals surface area (Å²) in [5.41, 5.74) is 0.698. The summed E-state index contributed by atoms with van der Waals surface area (Å²) in [5.74, 6) is 0.149. The largest absolute Gasteiger partial charge is 0.298 e. The normalized spacial score (nSPS) is 26.4. The third-order valence-corrected chi connectivity index (χ3v) is 4.66. The van der Waals surface area contributed by atoms with Gasteiger partial charge in [0.2, 0.25) is 0 Å². The van der Waals surface area contributed by atoms with Gasteiger partial charge in [-0.05, 0) is 40.0 Å². The summed E-state index contributed by atoms with van der Waals surface area (Å²) >= 11 is 5.97. The molecule has 2 rings (SSSR count). The van der Waals surface area contributed by atoms with E-state index in [1.165, 1.54) is 0 Å². The quantitative estimate of drug-likeness (QED) is 0.801. The van der Waals surface area contributed by atoms with Crippen LogP contribution in [-0.4, -0.2) is 53.8 Å². The zero-order chi connectivity index (χ0) is 14.9. The minimum atomic E-state index is -0.105. The summed E-state index contributed by atoms with van der Waals surface area (Å²) in [6.07, 6.45) is 0. The molecule has 1 aromatic rings. The lowest BCUT2D eigenvalue weighted by molar-refractivity contribution is 0.0355. The molecule has 0 aliphatic carbocycles. The van der Waals surface area contributed by atoms with Crippen LogP contribution in [0.25, 0.3) is 0 Å². The van der Waals surface area contributed by atoms with Crippen molar-refractivity contribution < 1.29 is 4.79 Å². The first-order chi connectivity index (χ1) is 9.40. The van der Waals surface area contributed by atoms with Gasteiger partial charge in [0, 0.05) is 35.8 Å². The Kier molecular flexibility index (Phi) is 4.84. The van der Waals surface area contributed by atoms with Gasteiger partial charge in [0.1, 0.15) is 0 Å². The molecule has 0 spiro atoms. The molecule has 3 unspecified atom stereocenters. The topological polar surface area (TPSA) is 23.6 Å². The minimum absolute atomic E-state index is 0.105. The van der Waals surface area contributed by atoms with Crippen molar-refractivity contribution in [3.8, 4) is 0 Å². The van der Waals surface area contributed by atoms with Crippen molar-refractivity contribution in [3.05, 3.63) is 34.9 Å². The van der Waals surface area contributed by atoms with Crippen molar-refractivity contribution in [2.75, 3.05) is 20.1 Å². The Labute approximate surface area is 126 Å². The van der Waals surface area contributed by atoms with Crippen LogP contribution in [0.4, 0.5) is 0 Å². The van der Waals surface area contributed by atoms with Gasteiger partial charge in [-0.2, -0.15) is 0 Å². The van der Waals surface area contributed by atoms with Crippen LogP contribution < -0.4 is 0 Å². The number of likely N-dealkylation sites (N-methyl/N-ethyl adjacent to an activating group) is 1. The molecule has 20 heavy (non-hydrogen) atoms. The average Bonchev–Trinajstić information content (AvgIpc) is 2.42. The number of benzene rings is 1. The lowest BCUT2D eigenvalue weighted by atomic mass is 10.0. The van der Waals surface area contributed by atoms with Crippen molar-refractivity contribution in [1.29, 1.82) is 0 Å². The molecule has 1 aromatic carbocycles. The molecule has 110 valence electrons. The second-order valence-corrected chi connectivity index (χ2v) is 6.30. The van der Waals surface area contributed by atoms with Crippen LogP contribution in [0.1, 0.15) is 31.1 Å². The summed E-state index contributed by atoms with van der Waals surface area (Å²) in [7, 11) is 2.15. The number of hydrogen-bond acceptors (Lipinski definition) is 3. The SMILES string of the molecule is CC(C(=O)c1cccc(Cl)c1)N1CC(C)N(C)C(C)C1. The lowest BCUT2D eigenvalue weighted by Gasteiger charge is -2.44. The zero-order valence-corrected chi connectivity index (χ0v) is 13.4. The third-order valence-electron chi connectivity index (χ3n) is 4.42. The van der Waals surface area contributed by atoms with E-state index < -0.39 is 0 Å². The minimum Gasteiger partial charge on any atom is -0.298 e. The summed E-state index contributed by atoms with van der Waals surface area (Å²) in [6, 6.07) is 8.05. The first kappa shape index (κ1) is 15.5. The molecule has 1 saturated heterocycles. The second-order valence-electron chi connectivity index (χ2n) is 5.87. The smallest absolute Gasteiger partial charge is 0.179 e. The number of nitrogens with zero attached hydrogens (tertiary/aromatic N) is 2. The molecular formula is C16H23ClN2O. The van der Waals surface area contributed by atoms with E-state index >= 15 is 0 Å². The van der Waals surface area contributed by atoms with Gasteiger partial charge in [-0.15, -0.1) is 0 Å². The van der Waals surface area contributed by atoms with Gasteiger partial charge in [0.25, 0.3) is 0 Å². The van der Waals surface area contributed by atoms with Crippen LogP contribution in [0.3, 0.4) is 0 Å². The van der Waals surface area contributed by atoms with Crippen molar-refractivity contribution in [2.24, 2.45) is 0 Å². The summed E-state index contributed by atoms with van der Waals surface area (Å²) in [6.45, 7) is 8.26. The van der Waals surface area contributed by atoms with Crippen LogP contribution in [0, 0.1) is 0 Å². The molecule has 0 saturated carbocycles. The highest BCUT2D eigenvalue weighted by Crippen LogP contribution is 2.19. The highest BCUT2D eigenvalue weighted by molar-refractivity contribution is 6.31. The van der Waals surface area contributed by atoms with E-state index in [-0.39, 0.29) is 11.8 Å². The van der Waals surface area contributed by atoms with Crippen LogP contribution in [0.5, 0.6) is 0 Å². The Hall–Kier alpha value is -0.900. The fourth-order valence-electron chi connectivity index (χ4n) is 2.81. The zero-order valence-electron chi connectivity index (χ0n) is 12.6. The first-order valence-electron chi connectivity index (χ1n) is 7.16. The molecule has 3 atom stereocenters. The first-order valence-corrected chi connectivity index (χ1v) is 7.53. The second kappa shape index (κ2) is 6.25. The highest BCUT2D eigenvalue weighted by Gasteiger charge is 2.32. The highest BCUT2D eigenvalue weighted by atomic mass is 35.5. The maximum atomic E-state index is 12.6. The Morgan fingerprint density at radius 3 is 2.45 bits per heavy atom. The summed E-state index contributed by atoms with van der Waals surface area (Å²) in [4.78, 5) is 17.2. The van der Waals surface area contributed by atoms with E-state index in [1.54, 1.807) is 12.1 Å². The van der Waals surface area contributed by atoms with Gasteiger partial charge in [-0.3, -0.25) is 14.6 Å². The third kappa shape index (κ3) is 3.22. The summed E-state index contributed by atoms with van der Waals surface area (Å²) < 4.78 is 0. The maximum Gasteiger partial charge on any atom is 0.179 e. The van der Waals surface area contributed by atoms with Crippen LogP contribution >= 0.6 is 11.6 Å². The van der Waals surface area contributed by atoms with Gasteiger partial charge in [0.15, 0.2) is 5.78 Å². The Morgan fingerprint density at radius 1 is 1.30 bits per heavy atom. The monoisotopic (exact) mass is 294 g/mol. The van der Waals surface area contributed by atoms with E-state index in [9.17, 15) is 4.79 Å². The van der Waals surface area contributed by atoms with Crippen LogP contribution in [-0.2, 0) is 0 Å². The Morgan fingerprint density at radius 2 is 1.90 bits per heavy atom. The molecule has 1 heterocycles. The molecule has 0 aromatic heterocycles. The van der Waals surface area contributed by atoms with Gasteiger partial charge < -0.3 is 0 Å².